The Hall–Kier alpha value is -2.78. The first kappa shape index (κ1) is 18.0. The van der Waals surface area contributed by atoms with E-state index in [9.17, 15) is 9.59 Å². The maximum absolute atomic E-state index is 12.6. The fraction of sp³-hybridized carbons (Fsp3) is 0.412. The molecule has 9 nitrogen and oxygen atoms in total. The number of aryl methyl sites for hydroxylation is 1. The number of nitrogens with zero attached hydrogens (tertiary/aromatic N) is 4. The van der Waals surface area contributed by atoms with E-state index in [2.05, 4.69) is 15.5 Å². The van der Waals surface area contributed by atoms with Crippen LogP contribution in [0.3, 0.4) is 0 Å². The molecule has 0 unspecified atom stereocenters. The zero-order valence-electron chi connectivity index (χ0n) is 14.9. The largest absolute Gasteiger partial charge is 0.354 e. The maximum Gasteiger partial charge on any atom is 0.286 e. The summed E-state index contributed by atoms with van der Waals surface area (Å²) >= 11 is 0. The predicted molar refractivity (Wildman–Crippen MR) is 94.6 cm³/mol. The van der Waals surface area contributed by atoms with Crippen molar-refractivity contribution in [3.63, 3.8) is 0 Å². The Kier molecular flexibility index (Phi) is 5.29. The second-order valence-corrected chi connectivity index (χ2v) is 5.90. The fourth-order valence-electron chi connectivity index (χ4n) is 2.75. The summed E-state index contributed by atoms with van der Waals surface area (Å²) in [6.07, 6.45) is -0.596. The van der Waals surface area contributed by atoms with Gasteiger partial charge < -0.3 is 19.7 Å². The van der Waals surface area contributed by atoms with Crippen molar-refractivity contribution in [2.24, 2.45) is 0 Å². The average Bonchev–Trinajstić information content (AvgIpc) is 3.08. The van der Waals surface area contributed by atoms with E-state index in [0.29, 0.717) is 19.0 Å². The van der Waals surface area contributed by atoms with Gasteiger partial charge in [0.1, 0.15) is 0 Å². The van der Waals surface area contributed by atoms with Gasteiger partial charge in [-0.05, 0) is 19.1 Å². The van der Waals surface area contributed by atoms with Crippen LogP contribution in [0.2, 0.25) is 0 Å². The van der Waals surface area contributed by atoms with Gasteiger partial charge in [-0.3, -0.25) is 14.2 Å². The number of carbonyl (C=O) groups is 1. The molecule has 1 aromatic heterocycles. The van der Waals surface area contributed by atoms with Crippen molar-refractivity contribution in [1.29, 1.82) is 0 Å². The van der Waals surface area contributed by atoms with E-state index in [4.69, 9.17) is 9.47 Å². The van der Waals surface area contributed by atoms with Crippen LogP contribution in [0.25, 0.3) is 0 Å². The van der Waals surface area contributed by atoms with Crippen LogP contribution in [-0.2, 0) is 16.0 Å². The molecule has 1 amide bonds. The Morgan fingerprint density at radius 2 is 1.88 bits per heavy atom. The lowest BCUT2D eigenvalue weighted by Gasteiger charge is -2.17. The first-order valence-electron chi connectivity index (χ1n) is 8.20. The number of benzene rings is 1. The molecule has 3 rings (SSSR count). The van der Waals surface area contributed by atoms with Gasteiger partial charge in [0, 0.05) is 33.0 Å². The summed E-state index contributed by atoms with van der Waals surface area (Å²) in [4.78, 5) is 26.8. The molecular formula is C17H21N5O4. The molecule has 1 aromatic carbocycles. The van der Waals surface area contributed by atoms with Gasteiger partial charge in [-0.15, -0.1) is 10.2 Å². The predicted octanol–water partition coefficient (Wildman–Crippen LogP) is 0.447. The molecule has 1 N–H and O–H groups in total. The molecule has 0 atom stereocenters. The maximum atomic E-state index is 12.6. The van der Waals surface area contributed by atoms with Crippen LogP contribution in [0, 0.1) is 6.92 Å². The molecule has 9 heteroatoms. The fourth-order valence-corrected chi connectivity index (χ4v) is 2.75. The van der Waals surface area contributed by atoms with Gasteiger partial charge in [-0.25, -0.2) is 0 Å². The van der Waals surface area contributed by atoms with Crippen molar-refractivity contribution in [3.8, 4) is 0 Å². The summed E-state index contributed by atoms with van der Waals surface area (Å²) in [7, 11) is 2.92. The third-order valence-corrected chi connectivity index (χ3v) is 4.23. The third-order valence-electron chi connectivity index (χ3n) is 4.23. The van der Waals surface area contributed by atoms with Crippen molar-refractivity contribution in [2.45, 2.75) is 19.8 Å². The van der Waals surface area contributed by atoms with Gasteiger partial charge in [-0.1, -0.05) is 17.7 Å². The van der Waals surface area contributed by atoms with E-state index in [1.54, 1.807) is 0 Å². The van der Waals surface area contributed by atoms with Crippen LogP contribution in [0.4, 0.5) is 11.6 Å². The highest BCUT2D eigenvalue weighted by Crippen LogP contribution is 2.26. The van der Waals surface area contributed by atoms with Crippen molar-refractivity contribution in [3.05, 3.63) is 45.9 Å². The van der Waals surface area contributed by atoms with Gasteiger partial charge in [0.25, 0.3) is 11.5 Å². The zero-order chi connectivity index (χ0) is 18.7. The standard InChI is InChI=1S/C17H21N5O4/c1-11-4-6-12(7-5-11)21-8-9-22-16(24)14(19-20-17(21)22)15(23)18-10-13(25-2)26-3/h4-7,13H,8-10H2,1-3H3,(H,18,23). The second kappa shape index (κ2) is 7.63. The quantitative estimate of drug-likeness (QED) is 0.748. The van der Waals surface area contributed by atoms with Crippen LogP contribution in [0.15, 0.2) is 29.1 Å². The minimum atomic E-state index is -0.606. The van der Waals surface area contributed by atoms with Crippen LogP contribution < -0.4 is 15.8 Å². The van der Waals surface area contributed by atoms with E-state index < -0.39 is 17.8 Å². The van der Waals surface area contributed by atoms with Crippen molar-refractivity contribution < 1.29 is 14.3 Å². The SMILES string of the molecule is COC(CNC(=O)c1nnc2n(c1=O)CCN2c1ccc(C)cc1)OC. The lowest BCUT2D eigenvalue weighted by molar-refractivity contribution is -0.0974. The number of aromatic nitrogens is 3. The number of carbonyl (C=O) groups excluding carboxylic acids is 1. The number of methoxy groups -OCH3 is 2. The van der Waals surface area contributed by atoms with E-state index in [0.717, 1.165) is 11.3 Å². The normalized spacial score (nSPS) is 13.2. The molecule has 1 aliphatic rings. The Balaban J connectivity index is 1.82. The Labute approximate surface area is 150 Å². The molecule has 0 radical (unpaired) electrons. The molecule has 0 saturated carbocycles. The molecule has 0 fully saturated rings. The minimum absolute atomic E-state index is 0.101. The molecule has 0 spiro atoms. The first-order chi connectivity index (χ1) is 12.5. The molecule has 2 heterocycles. The Morgan fingerprint density at radius 1 is 1.19 bits per heavy atom. The molecule has 1 aliphatic heterocycles. The highest BCUT2D eigenvalue weighted by Gasteiger charge is 2.27. The van der Waals surface area contributed by atoms with Crippen LogP contribution in [0.1, 0.15) is 16.1 Å². The highest BCUT2D eigenvalue weighted by molar-refractivity contribution is 5.91. The van der Waals surface area contributed by atoms with Crippen molar-refractivity contribution in [1.82, 2.24) is 20.1 Å². The molecule has 138 valence electrons. The highest BCUT2D eigenvalue weighted by atomic mass is 16.7. The number of hydrogen-bond acceptors (Lipinski definition) is 7. The topological polar surface area (TPSA) is 98.6 Å². The Morgan fingerprint density at radius 3 is 2.54 bits per heavy atom. The summed E-state index contributed by atoms with van der Waals surface area (Å²) in [6.45, 7) is 3.14. The van der Waals surface area contributed by atoms with Gasteiger partial charge >= 0.3 is 0 Å². The van der Waals surface area contributed by atoms with Crippen molar-refractivity contribution >= 4 is 17.5 Å². The van der Waals surface area contributed by atoms with Crippen LogP contribution in [0.5, 0.6) is 0 Å². The Bertz CT molecular complexity index is 845. The number of fused-ring (bicyclic) bond motifs is 1. The number of ether oxygens (including phenoxy) is 2. The van der Waals surface area contributed by atoms with Gasteiger partial charge in [0.2, 0.25) is 11.6 Å². The summed E-state index contributed by atoms with van der Waals surface area (Å²) < 4.78 is 11.5. The summed E-state index contributed by atoms with van der Waals surface area (Å²) in [5, 5.41) is 10.5. The van der Waals surface area contributed by atoms with Gasteiger partial charge in [-0.2, -0.15) is 0 Å². The van der Waals surface area contributed by atoms with E-state index >= 15 is 0 Å². The van der Waals surface area contributed by atoms with E-state index in [1.165, 1.54) is 18.8 Å². The second-order valence-electron chi connectivity index (χ2n) is 5.90. The van der Waals surface area contributed by atoms with Crippen LogP contribution >= 0.6 is 0 Å². The van der Waals surface area contributed by atoms with E-state index in [1.807, 2.05) is 36.1 Å². The first-order valence-corrected chi connectivity index (χ1v) is 8.20. The number of nitrogens with one attached hydrogen (secondary N) is 1. The number of hydrogen-bond donors (Lipinski definition) is 1. The van der Waals surface area contributed by atoms with Gasteiger partial charge in [0.05, 0.1) is 6.54 Å². The smallest absolute Gasteiger partial charge is 0.286 e. The zero-order valence-corrected chi connectivity index (χ0v) is 14.9. The lowest BCUT2D eigenvalue weighted by atomic mass is 10.2. The van der Waals surface area contributed by atoms with Gasteiger partial charge in [0.15, 0.2) is 6.29 Å². The summed E-state index contributed by atoms with van der Waals surface area (Å²) in [6, 6.07) is 7.92. The third kappa shape index (κ3) is 3.44. The molecule has 0 saturated heterocycles. The molecule has 0 aliphatic carbocycles. The molecule has 0 bridgehead atoms. The minimum Gasteiger partial charge on any atom is -0.354 e. The van der Waals surface area contributed by atoms with Crippen LogP contribution in [-0.4, -0.2) is 54.3 Å². The molecular weight excluding hydrogens is 338 g/mol. The number of amides is 1. The summed E-state index contributed by atoms with van der Waals surface area (Å²) in [5.74, 6) is -0.173. The average molecular weight is 359 g/mol. The molecule has 26 heavy (non-hydrogen) atoms. The lowest BCUT2D eigenvalue weighted by Crippen LogP contribution is -2.39. The number of anilines is 2. The molecule has 2 aromatic rings. The van der Waals surface area contributed by atoms with Crippen molar-refractivity contribution in [2.75, 3.05) is 32.2 Å². The number of rotatable bonds is 6. The summed E-state index contributed by atoms with van der Waals surface area (Å²) in [5.41, 5.74) is 1.36. The van der Waals surface area contributed by atoms with E-state index in [-0.39, 0.29) is 12.2 Å². The monoisotopic (exact) mass is 359 g/mol.